The number of hydrogen-bond acceptors (Lipinski definition) is 4. The Labute approximate surface area is 113 Å². The van der Waals surface area contributed by atoms with Gasteiger partial charge in [-0.05, 0) is 31.3 Å². The highest BCUT2D eigenvalue weighted by atomic mass is 16.5. The number of carbonyl (C=O) groups is 2. The molecule has 0 aliphatic heterocycles. The van der Waals surface area contributed by atoms with E-state index in [2.05, 4.69) is 5.32 Å². The molecule has 0 heterocycles. The molecule has 0 aliphatic carbocycles. The Morgan fingerprint density at radius 1 is 1.26 bits per heavy atom. The topological polar surface area (TPSA) is 58.6 Å². The number of nitrogens with zero attached hydrogens (tertiary/aromatic N) is 1. The van der Waals surface area contributed by atoms with Gasteiger partial charge in [-0.15, -0.1) is 0 Å². The summed E-state index contributed by atoms with van der Waals surface area (Å²) >= 11 is 0. The van der Waals surface area contributed by atoms with Gasteiger partial charge in [0.2, 0.25) is 5.91 Å². The molecule has 0 aliphatic rings. The molecule has 0 atom stereocenters. The van der Waals surface area contributed by atoms with Crippen molar-refractivity contribution >= 4 is 11.7 Å². The number of amides is 1. The van der Waals surface area contributed by atoms with Crippen molar-refractivity contribution in [3.63, 3.8) is 0 Å². The molecule has 0 spiro atoms. The largest absolute Gasteiger partial charge is 0.497 e. The van der Waals surface area contributed by atoms with Crippen LogP contribution in [0.4, 0.5) is 0 Å². The summed E-state index contributed by atoms with van der Waals surface area (Å²) < 4.78 is 5.04. The Kier molecular flexibility index (Phi) is 6.02. The average molecular weight is 264 g/mol. The molecule has 1 N–H and O–H groups in total. The van der Waals surface area contributed by atoms with Crippen molar-refractivity contribution in [2.45, 2.75) is 6.42 Å². The van der Waals surface area contributed by atoms with E-state index in [-0.39, 0.29) is 11.7 Å². The molecule has 0 saturated carbocycles. The van der Waals surface area contributed by atoms with Crippen LogP contribution in [0.3, 0.4) is 0 Å². The molecule has 5 heteroatoms. The Balaban J connectivity index is 2.46. The molecule has 0 aromatic heterocycles. The van der Waals surface area contributed by atoms with Gasteiger partial charge in [0.1, 0.15) is 5.75 Å². The molecular weight excluding hydrogens is 244 g/mol. The van der Waals surface area contributed by atoms with E-state index in [0.717, 1.165) is 5.75 Å². The quantitative estimate of drug-likeness (QED) is 0.745. The zero-order valence-electron chi connectivity index (χ0n) is 11.6. The molecule has 104 valence electrons. The number of methoxy groups -OCH3 is 1. The van der Waals surface area contributed by atoms with Crippen molar-refractivity contribution < 1.29 is 14.3 Å². The van der Waals surface area contributed by atoms with Gasteiger partial charge in [-0.25, -0.2) is 0 Å². The second-order valence-electron chi connectivity index (χ2n) is 4.31. The number of Topliss-reactive ketones (excluding diaryl/α,β-unsaturated/α-hetero) is 1. The van der Waals surface area contributed by atoms with Gasteiger partial charge in [-0.3, -0.25) is 14.5 Å². The molecule has 1 amide bonds. The number of ether oxygens (including phenoxy) is 1. The molecule has 0 saturated heterocycles. The fraction of sp³-hybridized carbons (Fsp3) is 0.429. The van der Waals surface area contributed by atoms with Crippen molar-refractivity contribution in [3.8, 4) is 5.75 Å². The number of ketones is 1. The molecule has 0 bridgehead atoms. The SMILES string of the molecule is CNC(=O)CCN(C)CC(=O)c1ccc(OC)cc1. The molecule has 1 aromatic rings. The third kappa shape index (κ3) is 5.09. The Bertz CT molecular complexity index is 429. The first-order chi connectivity index (χ1) is 9.06. The van der Waals surface area contributed by atoms with Crippen LogP contribution in [0.15, 0.2) is 24.3 Å². The predicted molar refractivity (Wildman–Crippen MR) is 73.5 cm³/mol. The summed E-state index contributed by atoms with van der Waals surface area (Å²) in [5, 5.41) is 2.55. The molecule has 1 aromatic carbocycles. The molecule has 0 unspecified atom stereocenters. The monoisotopic (exact) mass is 264 g/mol. The lowest BCUT2D eigenvalue weighted by Gasteiger charge is -2.15. The van der Waals surface area contributed by atoms with Gasteiger partial charge >= 0.3 is 0 Å². The smallest absolute Gasteiger partial charge is 0.221 e. The zero-order valence-corrected chi connectivity index (χ0v) is 11.6. The first kappa shape index (κ1) is 15.2. The zero-order chi connectivity index (χ0) is 14.3. The minimum absolute atomic E-state index is 0.0243. The van der Waals surface area contributed by atoms with Crippen molar-refractivity contribution in [3.05, 3.63) is 29.8 Å². The van der Waals surface area contributed by atoms with Crippen LogP contribution >= 0.6 is 0 Å². The molecule has 0 radical (unpaired) electrons. The summed E-state index contributed by atoms with van der Waals surface area (Å²) in [5.74, 6) is 0.732. The Morgan fingerprint density at radius 3 is 2.42 bits per heavy atom. The van der Waals surface area contributed by atoms with Crippen LogP contribution in [0.25, 0.3) is 0 Å². The van der Waals surface area contributed by atoms with Gasteiger partial charge in [-0.1, -0.05) is 0 Å². The van der Waals surface area contributed by atoms with E-state index in [9.17, 15) is 9.59 Å². The number of benzene rings is 1. The molecule has 1 rings (SSSR count). The summed E-state index contributed by atoms with van der Waals surface area (Å²) in [5.41, 5.74) is 0.646. The van der Waals surface area contributed by atoms with Gasteiger partial charge in [0.25, 0.3) is 0 Å². The van der Waals surface area contributed by atoms with Crippen LogP contribution in [-0.4, -0.2) is 50.9 Å². The minimum Gasteiger partial charge on any atom is -0.497 e. The highest BCUT2D eigenvalue weighted by molar-refractivity contribution is 5.97. The number of carbonyl (C=O) groups excluding carboxylic acids is 2. The maximum Gasteiger partial charge on any atom is 0.221 e. The van der Waals surface area contributed by atoms with E-state index >= 15 is 0 Å². The van der Waals surface area contributed by atoms with Gasteiger partial charge in [0, 0.05) is 25.6 Å². The molecule has 5 nitrogen and oxygen atoms in total. The predicted octanol–water partition coefficient (Wildman–Crippen LogP) is 0.946. The van der Waals surface area contributed by atoms with Crippen molar-refractivity contribution in [2.75, 3.05) is 34.3 Å². The average Bonchev–Trinajstić information content (AvgIpc) is 2.44. The van der Waals surface area contributed by atoms with Crippen LogP contribution in [-0.2, 0) is 4.79 Å². The second kappa shape index (κ2) is 7.53. The summed E-state index contributed by atoms with van der Waals surface area (Å²) in [6.07, 6.45) is 0.392. The van der Waals surface area contributed by atoms with Gasteiger partial charge in [-0.2, -0.15) is 0 Å². The summed E-state index contributed by atoms with van der Waals surface area (Å²) in [6, 6.07) is 7.01. The Hall–Kier alpha value is -1.88. The van der Waals surface area contributed by atoms with E-state index < -0.39 is 0 Å². The number of likely N-dealkylation sites (N-methyl/N-ethyl adjacent to an activating group) is 1. The van der Waals surface area contributed by atoms with E-state index in [1.807, 2.05) is 11.9 Å². The normalized spacial score (nSPS) is 10.3. The third-order valence-corrected chi connectivity index (χ3v) is 2.82. The molecule has 0 fully saturated rings. The molecule has 19 heavy (non-hydrogen) atoms. The van der Waals surface area contributed by atoms with Crippen LogP contribution in [0.5, 0.6) is 5.75 Å². The van der Waals surface area contributed by atoms with Gasteiger partial charge in [0.05, 0.1) is 13.7 Å². The van der Waals surface area contributed by atoms with E-state index in [0.29, 0.717) is 25.1 Å². The fourth-order valence-electron chi connectivity index (χ4n) is 1.61. The highest BCUT2D eigenvalue weighted by Crippen LogP contribution is 2.11. The maximum absolute atomic E-state index is 12.0. The van der Waals surface area contributed by atoms with Crippen molar-refractivity contribution in [1.29, 1.82) is 0 Å². The number of hydrogen-bond donors (Lipinski definition) is 1. The number of nitrogens with one attached hydrogen (secondary N) is 1. The van der Waals surface area contributed by atoms with E-state index in [4.69, 9.17) is 4.74 Å². The molecular formula is C14H20N2O3. The Morgan fingerprint density at radius 2 is 1.89 bits per heavy atom. The van der Waals surface area contributed by atoms with Gasteiger partial charge in [0.15, 0.2) is 5.78 Å². The second-order valence-corrected chi connectivity index (χ2v) is 4.31. The lowest BCUT2D eigenvalue weighted by atomic mass is 10.1. The lowest BCUT2D eigenvalue weighted by molar-refractivity contribution is -0.120. The van der Waals surface area contributed by atoms with Crippen LogP contribution in [0.1, 0.15) is 16.8 Å². The first-order valence-electron chi connectivity index (χ1n) is 6.13. The third-order valence-electron chi connectivity index (χ3n) is 2.82. The van der Waals surface area contributed by atoms with Gasteiger partial charge < -0.3 is 10.1 Å². The maximum atomic E-state index is 12.0. The van der Waals surface area contributed by atoms with Crippen molar-refractivity contribution in [1.82, 2.24) is 10.2 Å². The van der Waals surface area contributed by atoms with Crippen LogP contribution in [0.2, 0.25) is 0 Å². The number of rotatable bonds is 7. The van der Waals surface area contributed by atoms with E-state index in [1.54, 1.807) is 38.4 Å². The highest BCUT2D eigenvalue weighted by Gasteiger charge is 2.10. The lowest BCUT2D eigenvalue weighted by Crippen LogP contribution is -2.30. The first-order valence-corrected chi connectivity index (χ1v) is 6.13. The summed E-state index contributed by atoms with van der Waals surface area (Å²) in [7, 11) is 5.01. The summed E-state index contributed by atoms with van der Waals surface area (Å²) in [4.78, 5) is 24.9. The van der Waals surface area contributed by atoms with Crippen LogP contribution < -0.4 is 10.1 Å². The summed E-state index contributed by atoms with van der Waals surface area (Å²) in [6.45, 7) is 0.852. The van der Waals surface area contributed by atoms with E-state index in [1.165, 1.54) is 0 Å². The fourth-order valence-corrected chi connectivity index (χ4v) is 1.61. The van der Waals surface area contributed by atoms with Crippen LogP contribution in [0, 0.1) is 0 Å². The van der Waals surface area contributed by atoms with Crippen molar-refractivity contribution in [2.24, 2.45) is 0 Å². The minimum atomic E-state index is -0.0243. The standard InChI is InChI=1S/C14H20N2O3/c1-15-14(18)8-9-16(2)10-13(17)11-4-6-12(19-3)7-5-11/h4-7H,8-10H2,1-3H3,(H,15,18).